The molecule has 1 amide bonds. The minimum absolute atomic E-state index is 0. The number of amides is 1. The van der Waals surface area contributed by atoms with Crippen LogP contribution in [0.2, 0.25) is 0 Å². The normalized spacial score (nSPS) is 18.0. The van der Waals surface area contributed by atoms with E-state index in [-0.39, 0.29) is 29.6 Å². The van der Waals surface area contributed by atoms with Gasteiger partial charge in [0, 0.05) is 16.2 Å². The molecule has 0 spiro atoms. The van der Waals surface area contributed by atoms with Gasteiger partial charge in [-0.2, -0.15) is 0 Å². The predicted molar refractivity (Wildman–Crippen MR) is 33.2 cm³/mol. The topological polar surface area (TPSA) is 86.3 Å². The first-order valence-corrected chi connectivity index (χ1v) is 3.57. The van der Waals surface area contributed by atoms with Gasteiger partial charge < -0.3 is 9.87 Å². The van der Waals surface area contributed by atoms with Crippen LogP contribution in [0.1, 0.15) is 12.4 Å². The average molecular weight is 193 g/mol. The van der Waals surface area contributed by atoms with Gasteiger partial charge in [-0.25, -0.2) is 8.42 Å². The molecule has 7 heteroatoms. The molecule has 1 N–H and O–H groups in total. The van der Waals surface area contributed by atoms with E-state index in [9.17, 15) is 17.8 Å². The predicted octanol–water partition coefficient (Wildman–Crippen LogP) is -4.33. The van der Waals surface area contributed by atoms with E-state index in [4.69, 9.17) is 5.48 Å². The van der Waals surface area contributed by atoms with Crippen molar-refractivity contribution < 1.29 is 52.8 Å². The van der Waals surface area contributed by atoms with Crippen LogP contribution >= 0.6 is 0 Å². The van der Waals surface area contributed by atoms with Crippen molar-refractivity contribution in [2.75, 3.05) is 12.2 Å². The first kappa shape index (κ1) is 6.85. The summed E-state index contributed by atoms with van der Waals surface area (Å²) < 4.78 is 58.4. The van der Waals surface area contributed by atoms with Crippen molar-refractivity contribution in [3.05, 3.63) is 0 Å². The van der Waals surface area contributed by atoms with Crippen LogP contribution < -0.4 is 34.9 Å². The zero-order valence-corrected chi connectivity index (χ0v) is 8.86. The van der Waals surface area contributed by atoms with Crippen molar-refractivity contribution in [3.63, 3.8) is 0 Å². The largest absolute Gasteiger partial charge is 1.00 e. The van der Waals surface area contributed by atoms with Crippen LogP contribution in [0.25, 0.3) is 0 Å². The van der Waals surface area contributed by atoms with Crippen LogP contribution in [0.4, 0.5) is 0 Å². The molecule has 0 aliphatic heterocycles. The second kappa shape index (κ2) is 5.96. The summed E-state index contributed by atoms with van der Waals surface area (Å²) in [6.45, 7) is -2.40. The molecule has 0 fully saturated rings. The number of carbonyl (C=O) groups excluding carboxylic acids is 1. The summed E-state index contributed by atoms with van der Waals surface area (Å²) in [5.74, 6) is -0.984. The van der Waals surface area contributed by atoms with Gasteiger partial charge in [-0.05, 0) is 0 Å². The molecule has 11 heavy (non-hydrogen) atoms. The van der Waals surface area contributed by atoms with Gasteiger partial charge in [0.15, 0.2) is 0 Å². The molecule has 0 aliphatic carbocycles. The minimum atomic E-state index is -5.51. The van der Waals surface area contributed by atoms with Crippen LogP contribution in [-0.4, -0.2) is 31.1 Å². The van der Waals surface area contributed by atoms with E-state index in [1.54, 1.807) is 0 Å². The second-order valence-corrected chi connectivity index (χ2v) is 2.47. The molecule has 0 heterocycles. The summed E-state index contributed by atoms with van der Waals surface area (Å²) in [4.78, 5) is 10.4. The quantitative estimate of drug-likeness (QED) is 0.363. The Kier molecular flexibility index (Phi) is 3.71. The third kappa shape index (κ3) is 13.4. The van der Waals surface area contributed by atoms with E-state index >= 15 is 0 Å². The van der Waals surface area contributed by atoms with Crippen molar-refractivity contribution in [3.8, 4) is 0 Å². The summed E-state index contributed by atoms with van der Waals surface area (Å²) in [6, 6.07) is 0. The zero-order valence-electron chi connectivity index (χ0n) is 10.0. The summed E-state index contributed by atoms with van der Waals surface area (Å²) >= 11 is 0. The molecule has 0 aromatic carbocycles. The Hall–Kier alpha value is 0.380. The molecule has 0 aromatic rings. The standard InChI is InChI=1S/C4H9NO4S.Na/c1-4(6)5-2-3-10(7,8)9;/h2-3H2,1H3,(H,5,6)(H,7,8,9);/q;+1/p-1/i2D2,3D2;. The first-order valence-electron chi connectivity index (χ1n) is 4.16. The molecular formula is C4H8NNaO4S. The van der Waals surface area contributed by atoms with Crippen molar-refractivity contribution in [2.45, 2.75) is 6.92 Å². The molecule has 0 saturated heterocycles. The SMILES string of the molecule is [2H]C([2H])(NC(C)=O)C([2H])([2H])S(=O)(=O)[O-].[Na+]. The van der Waals surface area contributed by atoms with Gasteiger partial charge in [0.1, 0.15) is 0 Å². The Bertz CT molecular complexity index is 343. The van der Waals surface area contributed by atoms with Crippen molar-refractivity contribution >= 4 is 16.0 Å². The Balaban J connectivity index is 0. The molecule has 60 valence electrons. The van der Waals surface area contributed by atoms with E-state index in [1.165, 1.54) is 5.32 Å². The summed E-state index contributed by atoms with van der Waals surface area (Å²) in [5, 5.41) is 1.41. The van der Waals surface area contributed by atoms with Crippen molar-refractivity contribution in [2.24, 2.45) is 0 Å². The van der Waals surface area contributed by atoms with Gasteiger partial charge in [-0.3, -0.25) is 4.79 Å². The smallest absolute Gasteiger partial charge is 0.748 e. The second-order valence-electron chi connectivity index (χ2n) is 1.36. The molecule has 0 atom stereocenters. The van der Waals surface area contributed by atoms with E-state index in [1.807, 2.05) is 0 Å². The Morgan fingerprint density at radius 1 is 1.73 bits per heavy atom. The van der Waals surface area contributed by atoms with Crippen LogP contribution in [0.3, 0.4) is 0 Å². The molecule has 0 radical (unpaired) electrons. The van der Waals surface area contributed by atoms with Gasteiger partial charge in [-0.15, -0.1) is 0 Å². The maximum absolute atomic E-state index is 10.4. The molecule has 0 saturated carbocycles. The van der Waals surface area contributed by atoms with Gasteiger partial charge in [0.05, 0.1) is 18.6 Å². The first-order chi connectivity index (χ1) is 5.92. The number of rotatable bonds is 3. The maximum Gasteiger partial charge on any atom is 1.00 e. The Morgan fingerprint density at radius 3 is 2.45 bits per heavy atom. The monoisotopic (exact) mass is 193 g/mol. The van der Waals surface area contributed by atoms with Gasteiger partial charge in [-0.1, -0.05) is 0 Å². The van der Waals surface area contributed by atoms with Gasteiger partial charge in [0.2, 0.25) is 5.91 Å². The fourth-order valence-corrected chi connectivity index (χ4v) is 0.352. The Labute approximate surface area is 93.2 Å². The molecular weight excluding hydrogens is 181 g/mol. The summed E-state index contributed by atoms with van der Waals surface area (Å²) in [5.41, 5.74) is -3.72. The number of nitrogens with one attached hydrogen (secondary N) is 1. The van der Waals surface area contributed by atoms with Crippen molar-refractivity contribution in [1.29, 1.82) is 0 Å². The van der Waals surface area contributed by atoms with Crippen LogP contribution in [0.15, 0.2) is 0 Å². The van der Waals surface area contributed by atoms with Crippen molar-refractivity contribution in [1.82, 2.24) is 5.32 Å². The number of hydrogen-bond acceptors (Lipinski definition) is 4. The van der Waals surface area contributed by atoms with E-state index in [0.717, 1.165) is 6.92 Å². The maximum atomic E-state index is 10.4. The van der Waals surface area contributed by atoms with E-state index < -0.39 is 28.2 Å². The van der Waals surface area contributed by atoms with Crippen LogP contribution in [0.5, 0.6) is 0 Å². The third-order valence-corrected chi connectivity index (χ3v) is 0.767. The fraction of sp³-hybridized carbons (Fsp3) is 0.750. The Morgan fingerprint density at radius 2 is 2.18 bits per heavy atom. The molecule has 0 rings (SSSR count). The van der Waals surface area contributed by atoms with E-state index in [2.05, 4.69) is 0 Å². The van der Waals surface area contributed by atoms with Crippen LogP contribution in [0, 0.1) is 0 Å². The minimum Gasteiger partial charge on any atom is -0.748 e. The molecule has 5 nitrogen and oxygen atoms in total. The number of carbonyl (C=O) groups is 1. The summed E-state index contributed by atoms with van der Waals surface area (Å²) in [6.07, 6.45) is 0. The van der Waals surface area contributed by atoms with E-state index in [0.29, 0.717) is 0 Å². The van der Waals surface area contributed by atoms with Gasteiger partial charge >= 0.3 is 29.6 Å². The van der Waals surface area contributed by atoms with Crippen LogP contribution in [-0.2, 0) is 14.9 Å². The zero-order chi connectivity index (χ0) is 11.8. The molecule has 0 aliphatic rings. The molecule has 0 aromatic heterocycles. The molecule has 0 unspecified atom stereocenters. The van der Waals surface area contributed by atoms with Gasteiger partial charge in [0.25, 0.3) is 0 Å². The summed E-state index contributed by atoms with van der Waals surface area (Å²) in [7, 11) is -5.51. The third-order valence-electron chi connectivity index (χ3n) is 0.415. The molecule has 0 bridgehead atoms. The fourth-order valence-electron chi connectivity index (χ4n) is 0.176. The average Bonchev–Trinajstić information content (AvgIpc) is 1.80. The number of hydrogen-bond donors (Lipinski definition) is 1.